The van der Waals surface area contributed by atoms with E-state index in [1.54, 1.807) is 24.3 Å². The van der Waals surface area contributed by atoms with Crippen molar-refractivity contribution >= 4 is 0 Å². The van der Waals surface area contributed by atoms with E-state index in [-0.39, 0.29) is 121 Å². The fraction of sp³-hybridized carbons (Fsp3) is 0. The Morgan fingerprint density at radius 3 is 0.914 bits per heavy atom. The minimum absolute atomic E-state index is 0. The van der Waals surface area contributed by atoms with Gasteiger partial charge in [-0.2, -0.15) is 0 Å². The molecule has 0 saturated carbocycles. The third-order valence-corrected chi connectivity index (χ3v) is 4.24. The summed E-state index contributed by atoms with van der Waals surface area (Å²) in [6.07, 6.45) is 0. The molecule has 11 heteroatoms. The summed E-state index contributed by atoms with van der Waals surface area (Å²) in [5.41, 5.74) is 0. The van der Waals surface area contributed by atoms with Gasteiger partial charge in [0.15, 0.2) is 0 Å². The molecule has 35 heavy (non-hydrogen) atoms. The quantitative estimate of drug-likeness (QED) is 0.272. The van der Waals surface area contributed by atoms with Crippen LogP contribution in [0.15, 0.2) is 84.9 Å². The second-order valence-electron chi connectivity index (χ2n) is 6.37. The van der Waals surface area contributed by atoms with E-state index in [0.717, 1.165) is 0 Å². The van der Waals surface area contributed by atoms with Crippen molar-refractivity contribution < 1.29 is 110 Å². The molecule has 0 amide bonds. The van der Waals surface area contributed by atoms with E-state index < -0.39 is 11.5 Å². The first kappa shape index (κ1) is 32.9. The van der Waals surface area contributed by atoms with E-state index in [1.165, 1.54) is 60.7 Å². The van der Waals surface area contributed by atoms with Gasteiger partial charge in [0.1, 0.15) is 34.5 Å². The van der Waals surface area contributed by atoms with Crippen molar-refractivity contribution in [2.24, 2.45) is 0 Å². The zero-order valence-corrected chi connectivity index (χ0v) is 19.9. The van der Waals surface area contributed by atoms with E-state index in [9.17, 15) is 20.4 Å². The zero-order valence-electron chi connectivity index (χ0n) is 19.9. The number of benzene rings is 4. The molecular formula is C24H14Li4O7. The van der Waals surface area contributed by atoms with Crippen molar-refractivity contribution in [2.75, 3.05) is 0 Å². The molecule has 0 aliphatic carbocycles. The number of hydrogen-bond acceptors (Lipinski definition) is 7. The molecular weight excluding hydrogens is 428 g/mol. The van der Waals surface area contributed by atoms with Crippen LogP contribution in [0.25, 0.3) is 0 Å². The van der Waals surface area contributed by atoms with Gasteiger partial charge in [0, 0.05) is 0 Å². The first-order valence-corrected chi connectivity index (χ1v) is 9.18. The number of rotatable bonds is 6. The second-order valence-corrected chi connectivity index (χ2v) is 6.37. The molecule has 0 saturated heterocycles. The average Bonchev–Trinajstić information content (AvgIpc) is 2.76. The fourth-order valence-electron chi connectivity index (χ4n) is 2.74. The van der Waals surface area contributed by atoms with Crippen LogP contribution in [0.2, 0.25) is 0 Å². The summed E-state index contributed by atoms with van der Waals surface area (Å²) in [4.78, 5) is 0. The molecule has 0 aliphatic rings. The van der Waals surface area contributed by atoms with Gasteiger partial charge < -0.3 is 34.6 Å². The molecule has 0 unspecified atom stereocenters. The zero-order chi connectivity index (χ0) is 21.8. The first-order chi connectivity index (χ1) is 15.0. The van der Waals surface area contributed by atoms with E-state index in [2.05, 4.69) is 0 Å². The number of ether oxygens (including phenoxy) is 3. The molecule has 156 valence electrons. The van der Waals surface area contributed by atoms with Gasteiger partial charge in [0.25, 0.3) is 0 Å². The summed E-state index contributed by atoms with van der Waals surface area (Å²) >= 11 is 0. The van der Waals surface area contributed by atoms with Crippen LogP contribution in [0.4, 0.5) is 0 Å². The molecule has 4 rings (SSSR count). The Morgan fingerprint density at radius 1 is 0.343 bits per heavy atom. The van der Waals surface area contributed by atoms with Crippen LogP contribution in [0.1, 0.15) is 0 Å². The molecule has 4 aromatic rings. The van der Waals surface area contributed by atoms with Gasteiger partial charge >= 0.3 is 75.4 Å². The van der Waals surface area contributed by atoms with Crippen LogP contribution in [-0.4, -0.2) is 0 Å². The summed E-state index contributed by atoms with van der Waals surface area (Å²) in [6, 6.07) is 20.4. The number of hydrogen-bond donors (Lipinski definition) is 0. The van der Waals surface area contributed by atoms with Gasteiger partial charge in [-0.3, -0.25) is 0 Å². The van der Waals surface area contributed by atoms with E-state index >= 15 is 0 Å². The molecule has 4 aromatic carbocycles. The molecule has 0 N–H and O–H groups in total. The Hall–Kier alpha value is -2.13. The Balaban J connectivity index is 0.00000289. The summed E-state index contributed by atoms with van der Waals surface area (Å²) < 4.78 is 16.4. The standard InChI is InChI=1S/C24H18O7.4Li/c25-15-7-1-3-9-17(15)29-19-11-5-13-21(23(19)27)31-22-14-6-12-20(24(22)28)30-18-10-4-2-8-16(18)26;;;;/h1-14,25-28H;;;;/q;4*+1/p-4. The van der Waals surface area contributed by atoms with Crippen LogP contribution < -0.4 is 110 Å². The molecule has 0 atom stereocenters. The van der Waals surface area contributed by atoms with E-state index in [4.69, 9.17) is 14.2 Å². The third-order valence-electron chi connectivity index (χ3n) is 4.24. The fourth-order valence-corrected chi connectivity index (χ4v) is 2.74. The van der Waals surface area contributed by atoms with Crippen LogP contribution in [-0.2, 0) is 0 Å². The Kier molecular flexibility index (Phi) is 14.2. The van der Waals surface area contributed by atoms with E-state index in [1.807, 2.05) is 0 Å². The summed E-state index contributed by atoms with van der Waals surface area (Å²) in [5.74, 6) is -2.62. The maximum Gasteiger partial charge on any atom is 1.00 e. The molecule has 0 fully saturated rings. The maximum atomic E-state index is 12.7. The third kappa shape index (κ3) is 7.93. The molecule has 7 nitrogen and oxygen atoms in total. The predicted octanol–water partition coefficient (Wildman–Crippen LogP) is -8.63. The van der Waals surface area contributed by atoms with Crippen LogP contribution in [0, 0.1) is 0 Å². The molecule has 0 bridgehead atoms. The molecule has 0 radical (unpaired) electrons. The van der Waals surface area contributed by atoms with Gasteiger partial charge in [-0.25, -0.2) is 0 Å². The molecule has 0 spiro atoms. The monoisotopic (exact) mass is 442 g/mol. The minimum atomic E-state index is -0.638. The summed E-state index contributed by atoms with van der Waals surface area (Å²) in [7, 11) is 0. The van der Waals surface area contributed by atoms with Gasteiger partial charge in [0.05, 0.1) is 0 Å². The Morgan fingerprint density at radius 2 is 0.600 bits per heavy atom. The normalized spacial score (nSPS) is 9.26. The molecule has 0 aromatic heterocycles. The minimum Gasteiger partial charge on any atom is -0.870 e. The van der Waals surface area contributed by atoms with E-state index in [0.29, 0.717) is 0 Å². The average molecular weight is 442 g/mol. The maximum absolute atomic E-state index is 12.7. The Bertz CT molecular complexity index is 1140. The van der Waals surface area contributed by atoms with Crippen LogP contribution >= 0.6 is 0 Å². The molecule has 0 heterocycles. The van der Waals surface area contributed by atoms with Crippen molar-refractivity contribution in [3.63, 3.8) is 0 Å². The van der Waals surface area contributed by atoms with Crippen molar-refractivity contribution in [1.82, 2.24) is 0 Å². The topological polar surface area (TPSA) is 120 Å². The van der Waals surface area contributed by atoms with Crippen LogP contribution in [0.5, 0.6) is 57.5 Å². The number of para-hydroxylation sites is 6. The van der Waals surface area contributed by atoms with Crippen molar-refractivity contribution in [3.8, 4) is 57.5 Å². The van der Waals surface area contributed by atoms with Gasteiger partial charge in [-0.15, -0.1) is 0 Å². The predicted molar refractivity (Wildman–Crippen MR) is 104 cm³/mol. The summed E-state index contributed by atoms with van der Waals surface area (Å²) in [5, 5.41) is 49.1. The SMILES string of the molecule is [Li+].[Li+].[Li+].[Li+].[O-]c1ccccc1Oc1cccc(Oc2cccc(Oc3ccccc3[O-])c2[O-])c1[O-]. The van der Waals surface area contributed by atoms with Gasteiger partial charge in [-0.1, -0.05) is 60.0 Å². The largest absolute Gasteiger partial charge is 1.00 e. The first-order valence-electron chi connectivity index (χ1n) is 9.18. The van der Waals surface area contributed by atoms with Crippen LogP contribution in [0.3, 0.4) is 0 Å². The smallest absolute Gasteiger partial charge is 0.870 e. The Labute approximate surface area is 250 Å². The van der Waals surface area contributed by atoms with Crippen molar-refractivity contribution in [2.45, 2.75) is 0 Å². The van der Waals surface area contributed by atoms with Gasteiger partial charge in [-0.05, 0) is 47.9 Å². The molecule has 0 aliphatic heterocycles. The second kappa shape index (κ2) is 15.1. The van der Waals surface area contributed by atoms with Crippen molar-refractivity contribution in [1.29, 1.82) is 0 Å². The summed E-state index contributed by atoms with van der Waals surface area (Å²) in [6.45, 7) is 0. The van der Waals surface area contributed by atoms with Crippen molar-refractivity contribution in [3.05, 3.63) is 84.9 Å². The van der Waals surface area contributed by atoms with Gasteiger partial charge in [0.2, 0.25) is 0 Å².